The molecule has 0 atom stereocenters. The summed E-state index contributed by atoms with van der Waals surface area (Å²) in [6.45, 7) is 0.477. The zero-order chi connectivity index (χ0) is 25.5. The lowest BCUT2D eigenvalue weighted by Gasteiger charge is -2.37. The average molecular weight is 492 g/mol. The number of benzene rings is 2. The molecule has 2 heterocycles. The number of nitrogens with one attached hydrogen (secondary N) is 2. The molecule has 1 aliphatic rings. The van der Waals surface area contributed by atoms with Crippen molar-refractivity contribution in [3.8, 4) is 17.2 Å². The summed E-state index contributed by atoms with van der Waals surface area (Å²) in [5.74, 6) is 0.773. The second-order valence-corrected chi connectivity index (χ2v) is 9.27. The summed E-state index contributed by atoms with van der Waals surface area (Å²) < 4.78 is 5.22. The fourth-order valence-corrected chi connectivity index (χ4v) is 4.83. The van der Waals surface area contributed by atoms with E-state index in [1.807, 2.05) is 71.6 Å². The maximum Gasteiger partial charge on any atom is 0.322 e. The van der Waals surface area contributed by atoms with E-state index in [9.17, 15) is 4.79 Å². The summed E-state index contributed by atoms with van der Waals surface area (Å²) in [5.41, 5.74) is 4.54. The first-order valence-electron chi connectivity index (χ1n) is 12.6. The van der Waals surface area contributed by atoms with Crippen LogP contribution in [0.5, 0.6) is 0 Å². The minimum atomic E-state index is -0.0925. The molecule has 0 aliphatic heterocycles. The highest BCUT2D eigenvalue weighted by Gasteiger charge is 2.30. The highest BCUT2D eigenvalue weighted by atomic mass is 16.3. The number of rotatable bonds is 7. The minimum Gasteiger partial charge on any atom is -0.472 e. The van der Waals surface area contributed by atoms with Crippen LogP contribution in [0.15, 0.2) is 95.9 Å². The van der Waals surface area contributed by atoms with Gasteiger partial charge in [0.05, 0.1) is 18.1 Å². The van der Waals surface area contributed by atoms with E-state index in [4.69, 9.17) is 9.68 Å². The normalized spacial score (nSPS) is 16.9. The second-order valence-electron chi connectivity index (χ2n) is 9.27. The van der Waals surface area contributed by atoms with Crippen molar-refractivity contribution in [1.82, 2.24) is 10.3 Å². The third kappa shape index (κ3) is 5.99. The number of pyridine rings is 1. The molecule has 1 aliphatic carbocycles. The van der Waals surface area contributed by atoms with E-state index >= 15 is 0 Å². The van der Waals surface area contributed by atoms with Gasteiger partial charge in [0.1, 0.15) is 11.9 Å². The van der Waals surface area contributed by atoms with E-state index in [1.165, 1.54) is 0 Å². The maximum absolute atomic E-state index is 13.5. The highest BCUT2D eigenvalue weighted by molar-refractivity contribution is 5.93. The van der Waals surface area contributed by atoms with Crippen molar-refractivity contribution in [2.75, 3.05) is 10.2 Å². The Labute approximate surface area is 216 Å². The molecule has 7 nitrogen and oxygen atoms in total. The van der Waals surface area contributed by atoms with Crippen LogP contribution in [0.4, 0.5) is 16.3 Å². The Morgan fingerprint density at radius 3 is 2.41 bits per heavy atom. The van der Waals surface area contributed by atoms with Crippen LogP contribution in [-0.4, -0.2) is 23.1 Å². The second kappa shape index (κ2) is 11.4. The zero-order valence-corrected chi connectivity index (χ0v) is 20.5. The molecule has 0 unspecified atom stereocenters. The number of hydrogen-bond acceptors (Lipinski definition) is 5. The molecule has 2 aromatic heterocycles. The molecule has 186 valence electrons. The molecule has 7 heteroatoms. The van der Waals surface area contributed by atoms with Crippen LogP contribution < -0.4 is 15.5 Å². The van der Waals surface area contributed by atoms with Gasteiger partial charge < -0.3 is 15.1 Å². The van der Waals surface area contributed by atoms with Crippen LogP contribution in [-0.2, 0) is 6.54 Å². The van der Waals surface area contributed by atoms with Gasteiger partial charge in [-0.05, 0) is 67.1 Å². The Morgan fingerprint density at radius 2 is 1.76 bits per heavy atom. The molecule has 2 N–H and O–H groups in total. The minimum absolute atomic E-state index is 0.0857. The first-order valence-corrected chi connectivity index (χ1v) is 12.6. The number of nitriles is 1. The van der Waals surface area contributed by atoms with Crippen LogP contribution in [0.1, 0.15) is 36.8 Å². The van der Waals surface area contributed by atoms with E-state index in [0.29, 0.717) is 12.1 Å². The van der Waals surface area contributed by atoms with E-state index in [1.54, 1.807) is 24.8 Å². The van der Waals surface area contributed by atoms with Gasteiger partial charge in [-0.2, -0.15) is 5.26 Å². The summed E-state index contributed by atoms with van der Waals surface area (Å²) in [7, 11) is 0. The van der Waals surface area contributed by atoms with Crippen molar-refractivity contribution < 1.29 is 9.21 Å². The van der Waals surface area contributed by atoms with Gasteiger partial charge in [-0.15, -0.1) is 0 Å². The fourth-order valence-electron chi connectivity index (χ4n) is 4.83. The largest absolute Gasteiger partial charge is 0.472 e. The number of nitrogens with zero attached hydrogens (tertiary/aromatic N) is 3. The number of aromatic nitrogens is 1. The summed E-state index contributed by atoms with van der Waals surface area (Å²) in [6, 6.07) is 25.9. The van der Waals surface area contributed by atoms with Crippen molar-refractivity contribution >= 4 is 17.5 Å². The Bertz CT molecular complexity index is 1320. The molecule has 1 fully saturated rings. The number of urea groups is 1. The van der Waals surface area contributed by atoms with Gasteiger partial charge in [0.25, 0.3) is 0 Å². The quantitative estimate of drug-likeness (QED) is 0.314. The van der Waals surface area contributed by atoms with Crippen LogP contribution in [0, 0.1) is 11.3 Å². The average Bonchev–Trinajstić information content (AvgIpc) is 3.50. The van der Waals surface area contributed by atoms with E-state index in [2.05, 4.69) is 21.7 Å². The third-order valence-electron chi connectivity index (χ3n) is 6.81. The van der Waals surface area contributed by atoms with Gasteiger partial charge in [-0.1, -0.05) is 42.5 Å². The number of hydrogen-bond donors (Lipinski definition) is 2. The lowest BCUT2D eigenvalue weighted by atomic mass is 9.89. The van der Waals surface area contributed by atoms with Crippen molar-refractivity contribution in [1.29, 1.82) is 5.26 Å². The van der Waals surface area contributed by atoms with Crippen molar-refractivity contribution in [2.24, 2.45) is 0 Å². The smallest absolute Gasteiger partial charge is 0.322 e. The van der Waals surface area contributed by atoms with E-state index in [0.717, 1.165) is 53.9 Å². The van der Waals surface area contributed by atoms with Gasteiger partial charge in [0, 0.05) is 36.1 Å². The first kappa shape index (κ1) is 24.1. The van der Waals surface area contributed by atoms with Gasteiger partial charge >= 0.3 is 6.03 Å². The molecule has 2 aromatic carbocycles. The first-order chi connectivity index (χ1) is 18.2. The zero-order valence-electron chi connectivity index (χ0n) is 20.5. The summed E-state index contributed by atoms with van der Waals surface area (Å²) in [4.78, 5) is 19.8. The van der Waals surface area contributed by atoms with E-state index in [-0.39, 0.29) is 18.1 Å². The van der Waals surface area contributed by atoms with Crippen molar-refractivity contribution in [3.05, 3.63) is 103 Å². The third-order valence-corrected chi connectivity index (χ3v) is 6.81. The molecule has 0 bridgehead atoms. The number of furan rings is 1. The van der Waals surface area contributed by atoms with Gasteiger partial charge in [-0.3, -0.25) is 4.90 Å². The molecular weight excluding hydrogens is 462 g/mol. The predicted molar refractivity (Wildman–Crippen MR) is 144 cm³/mol. The van der Waals surface area contributed by atoms with Crippen molar-refractivity contribution in [3.63, 3.8) is 0 Å². The number of carbonyl (C=O) groups excluding carboxylic acids is 1. The number of amides is 2. The monoisotopic (exact) mass is 491 g/mol. The van der Waals surface area contributed by atoms with Crippen LogP contribution >= 0.6 is 0 Å². The number of anilines is 2. The lowest BCUT2D eigenvalue weighted by molar-refractivity contribution is 0.240. The Morgan fingerprint density at radius 1 is 0.973 bits per heavy atom. The maximum atomic E-state index is 13.5. The summed E-state index contributed by atoms with van der Waals surface area (Å²) in [5, 5.41) is 15.6. The molecule has 0 radical (unpaired) electrons. The number of carbonyl (C=O) groups is 1. The Hall–Kier alpha value is -4.57. The SMILES string of the molecule is N#Cc1ccc(NC2CCC(N(C(=O)NCc3ccccc3)c3ccc(-c4ccoc4)cc3)CC2)nc1. The molecule has 1 saturated carbocycles. The van der Waals surface area contributed by atoms with Gasteiger partial charge in [-0.25, -0.2) is 9.78 Å². The lowest BCUT2D eigenvalue weighted by Crippen LogP contribution is -2.48. The van der Waals surface area contributed by atoms with Crippen LogP contribution in [0.3, 0.4) is 0 Å². The molecule has 2 amide bonds. The van der Waals surface area contributed by atoms with Crippen LogP contribution in [0.25, 0.3) is 11.1 Å². The molecule has 4 aromatic rings. The van der Waals surface area contributed by atoms with Gasteiger partial charge in [0.15, 0.2) is 0 Å². The van der Waals surface area contributed by atoms with E-state index < -0.39 is 0 Å². The molecule has 37 heavy (non-hydrogen) atoms. The standard InChI is InChI=1S/C30H29N5O2/c31-18-23-6-15-29(32-20-23)34-26-9-13-28(14-10-26)35(30(36)33-19-22-4-2-1-3-5-22)27-11-7-24(8-12-27)25-16-17-37-21-25/h1-8,11-12,15-17,20-21,26,28H,9-10,13-14,19H2,(H,32,34)(H,33,36). The molecule has 5 rings (SSSR count). The Kier molecular flexibility index (Phi) is 7.47. The molecular formula is C30H29N5O2. The molecule has 0 saturated heterocycles. The van der Waals surface area contributed by atoms with Crippen LogP contribution in [0.2, 0.25) is 0 Å². The van der Waals surface area contributed by atoms with Gasteiger partial charge in [0.2, 0.25) is 0 Å². The predicted octanol–water partition coefficient (Wildman–Crippen LogP) is 6.35. The van der Waals surface area contributed by atoms with Crippen molar-refractivity contribution in [2.45, 2.75) is 44.3 Å². The fraction of sp³-hybridized carbons (Fsp3) is 0.233. The highest BCUT2D eigenvalue weighted by Crippen LogP contribution is 2.31. The Balaban J connectivity index is 1.28. The summed E-state index contributed by atoms with van der Waals surface area (Å²) in [6.07, 6.45) is 8.54. The summed E-state index contributed by atoms with van der Waals surface area (Å²) >= 11 is 0. The topological polar surface area (TPSA) is 94.2 Å². The molecule has 0 spiro atoms.